The van der Waals surface area contributed by atoms with Crippen molar-refractivity contribution < 1.29 is 14.6 Å². The van der Waals surface area contributed by atoms with E-state index >= 15 is 0 Å². The smallest absolute Gasteiger partial charge is 0.264 e. The molecule has 2 aromatic carbocycles. The number of para-hydroxylation sites is 2. The molecule has 0 aromatic heterocycles. The van der Waals surface area contributed by atoms with E-state index in [1.807, 2.05) is 0 Å². The summed E-state index contributed by atoms with van der Waals surface area (Å²) in [6.45, 7) is -0.246. The second-order valence-corrected chi connectivity index (χ2v) is 6.11. The van der Waals surface area contributed by atoms with Gasteiger partial charge in [-0.25, -0.2) is 0 Å². The molecule has 0 spiro atoms. The molecule has 0 unspecified atom stereocenters. The van der Waals surface area contributed by atoms with Crippen LogP contribution in [0.3, 0.4) is 0 Å². The number of amides is 1. The normalized spacial score (nSPS) is 10.0. The van der Waals surface area contributed by atoms with Crippen LogP contribution >= 0.6 is 39.7 Å². The number of carbonyl (C=O) groups excluding carboxylic acids is 1. The molecule has 0 aliphatic rings. The van der Waals surface area contributed by atoms with Crippen LogP contribution in [0, 0.1) is 0 Å². The Kier molecular flexibility index (Phi) is 6.20. The largest absolute Gasteiger partial charge is 0.506 e. The molecule has 0 heterocycles. The van der Waals surface area contributed by atoms with Gasteiger partial charge < -0.3 is 15.2 Å². The van der Waals surface area contributed by atoms with Crippen LogP contribution in [0.5, 0.6) is 11.5 Å². The lowest BCUT2D eigenvalue weighted by Gasteiger charge is -2.11. The number of phenolic OH excluding ortho intramolecular Hbond substituents is 1. The van der Waals surface area contributed by atoms with Gasteiger partial charge in [0, 0.05) is 4.47 Å². The predicted molar refractivity (Wildman–Crippen MR) is 97.1 cm³/mol. The Morgan fingerprint density at radius 3 is 2.74 bits per heavy atom. The van der Waals surface area contributed by atoms with E-state index in [-0.39, 0.29) is 17.5 Å². The van der Waals surface area contributed by atoms with Crippen LogP contribution in [-0.4, -0.2) is 22.7 Å². The van der Waals surface area contributed by atoms with Crippen LogP contribution in [0.2, 0.25) is 5.02 Å². The van der Waals surface area contributed by atoms with Crippen LogP contribution in [0.1, 0.15) is 0 Å². The molecule has 1 amide bonds. The van der Waals surface area contributed by atoms with Crippen LogP contribution in [-0.2, 0) is 4.79 Å². The first-order chi connectivity index (χ1) is 11.0. The fraction of sp³-hybridized carbons (Fsp3) is 0.0667. The lowest BCUT2D eigenvalue weighted by molar-refractivity contribution is -0.121. The number of rotatable bonds is 4. The van der Waals surface area contributed by atoms with Crippen molar-refractivity contribution in [1.29, 1.82) is 0 Å². The van der Waals surface area contributed by atoms with Crippen molar-refractivity contribution in [1.82, 2.24) is 5.32 Å². The fourth-order valence-corrected chi connectivity index (χ4v) is 2.58. The predicted octanol–water partition coefficient (Wildman–Crippen LogP) is 3.70. The van der Waals surface area contributed by atoms with Gasteiger partial charge >= 0.3 is 0 Å². The molecule has 120 valence electrons. The SMILES string of the molecule is O=C(COc1ccc(Br)cc1Cl)NC(=S)Nc1ccccc1O. The molecular formula is C15H12BrClN2O3S. The van der Waals surface area contributed by atoms with Gasteiger partial charge in [-0.15, -0.1) is 0 Å². The zero-order chi connectivity index (χ0) is 16.8. The quantitative estimate of drug-likeness (QED) is 0.525. The molecule has 0 saturated carbocycles. The molecular weight excluding hydrogens is 404 g/mol. The maximum atomic E-state index is 11.8. The molecule has 8 heteroatoms. The van der Waals surface area contributed by atoms with E-state index in [0.717, 1.165) is 4.47 Å². The Hall–Kier alpha value is -1.83. The van der Waals surface area contributed by atoms with Crippen molar-refractivity contribution in [3.63, 3.8) is 0 Å². The third kappa shape index (κ3) is 5.38. The lowest BCUT2D eigenvalue weighted by atomic mass is 10.3. The summed E-state index contributed by atoms with van der Waals surface area (Å²) in [6, 6.07) is 11.6. The summed E-state index contributed by atoms with van der Waals surface area (Å²) in [4.78, 5) is 11.8. The van der Waals surface area contributed by atoms with Crippen molar-refractivity contribution in [2.45, 2.75) is 0 Å². The summed E-state index contributed by atoms with van der Waals surface area (Å²) in [5.41, 5.74) is 0.398. The minimum Gasteiger partial charge on any atom is -0.506 e. The molecule has 0 saturated heterocycles. The summed E-state index contributed by atoms with van der Waals surface area (Å²) < 4.78 is 6.14. The maximum Gasteiger partial charge on any atom is 0.264 e. The van der Waals surface area contributed by atoms with Crippen molar-refractivity contribution in [3.8, 4) is 11.5 Å². The minimum atomic E-state index is -0.447. The summed E-state index contributed by atoms with van der Waals surface area (Å²) in [6.07, 6.45) is 0. The molecule has 23 heavy (non-hydrogen) atoms. The van der Waals surface area contributed by atoms with Gasteiger partial charge in [0.1, 0.15) is 11.5 Å². The number of halogens is 2. The molecule has 2 rings (SSSR count). The van der Waals surface area contributed by atoms with Crippen molar-refractivity contribution in [2.24, 2.45) is 0 Å². The van der Waals surface area contributed by atoms with Gasteiger partial charge in [-0.1, -0.05) is 39.7 Å². The first-order valence-electron chi connectivity index (χ1n) is 6.42. The summed E-state index contributed by atoms with van der Waals surface area (Å²) in [5, 5.41) is 15.2. The second-order valence-electron chi connectivity index (χ2n) is 4.38. The minimum absolute atomic E-state index is 0.0296. The Morgan fingerprint density at radius 2 is 2.04 bits per heavy atom. The van der Waals surface area contributed by atoms with E-state index in [0.29, 0.717) is 16.5 Å². The summed E-state index contributed by atoms with van der Waals surface area (Å²) in [5.74, 6) is -0.0245. The molecule has 0 radical (unpaired) electrons. The zero-order valence-electron chi connectivity index (χ0n) is 11.7. The van der Waals surface area contributed by atoms with Gasteiger partial charge in [0.2, 0.25) is 0 Å². The number of hydrogen-bond donors (Lipinski definition) is 3. The standard InChI is InChI=1S/C15H12BrClN2O3S/c16-9-5-6-13(10(17)7-9)22-8-14(21)19-15(23)18-11-3-1-2-4-12(11)20/h1-7,20H,8H2,(H2,18,19,21,23). The van der Waals surface area contributed by atoms with Crippen LogP contribution in [0.4, 0.5) is 5.69 Å². The number of benzene rings is 2. The van der Waals surface area contributed by atoms with Gasteiger partial charge in [0.25, 0.3) is 5.91 Å². The van der Waals surface area contributed by atoms with E-state index in [9.17, 15) is 9.90 Å². The number of hydrogen-bond acceptors (Lipinski definition) is 4. The first kappa shape index (κ1) is 17.5. The average Bonchev–Trinajstić information content (AvgIpc) is 2.48. The first-order valence-corrected chi connectivity index (χ1v) is 8.00. The highest BCUT2D eigenvalue weighted by atomic mass is 79.9. The van der Waals surface area contributed by atoms with Gasteiger partial charge in [-0.2, -0.15) is 0 Å². The lowest BCUT2D eigenvalue weighted by Crippen LogP contribution is -2.37. The Bertz CT molecular complexity index is 742. The van der Waals surface area contributed by atoms with Crippen LogP contribution < -0.4 is 15.4 Å². The number of carbonyl (C=O) groups is 1. The van der Waals surface area contributed by atoms with Crippen molar-refractivity contribution in [2.75, 3.05) is 11.9 Å². The van der Waals surface area contributed by atoms with Crippen LogP contribution in [0.25, 0.3) is 0 Å². The molecule has 0 aliphatic carbocycles. The van der Waals surface area contributed by atoms with Gasteiger partial charge in [0.05, 0.1) is 10.7 Å². The summed E-state index contributed by atoms with van der Waals surface area (Å²) >= 11 is 14.3. The van der Waals surface area contributed by atoms with Gasteiger partial charge in [-0.05, 0) is 42.5 Å². The molecule has 0 bridgehead atoms. The van der Waals surface area contributed by atoms with E-state index in [1.165, 1.54) is 6.07 Å². The second kappa shape index (κ2) is 8.14. The Balaban J connectivity index is 1.85. The highest BCUT2D eigenvalue weighted by Gasteiger charge is 2.09. The fourth-order valence-electron chi connectivity index (χ4n) is 1.63. The molecule has 5 nitrogen and oxygen atoms in total. The zero-order valence-corrected chi connectivity index (χ0v) is 14.8. The van der Waals surface area contributed by atoms with Crippen LogP contribution in [0.15, 0.2) is 46.9 Å². The number of nitrogens with one attached hydrogen (secondary N) is 2. The van der Waals surface area contributed by atoms with Crippen molar-refractivity contribution >= 4 is 56.5 Å². The number of ether oxygens (including phenoxy) is 1. The van der Waals surface area contributed by atoms with Crippen molar-refractivity contribution in [3.05, 3.63) is 52.0 Å². The number of anilines is 1. The van der Waals surface area contributed by atoms with E-state index in [4.69, 9.17) is 28.6 Å². The molecule has 2 aromatic rings. The molecule has 0 atom stereocenters. The number of thiocarbonyl (C=S) groups is 1. The molecule has 0 fully saturated rings. The Morgan fingerprint density at radius 1 is 1.30 bits per heavy atom. The maximum absolute atomic E-state index is 11.8. The molecule has 0 aliphatic heterocycles. The summed E-state index contributed by atoms with van der Waals surface area (Å²) in [7, 11) is 0. The van der Waals surface area contributed by atoms with Gasteiger partial charge in [0.15, 0.2) is 11.7 Å². The van der Waals surface area contributed by atoms with E-state index < -0.39 is 5.91 Å². The van der Waals surface area contributed by atoms with E-state index in [1.54, 1.807) is 36.4 Å². The topological polar surface area (TPSA) is 70.6 Å². The third-order valence-corrected chi connectivity index (χ3v) is 3.65. The third-order valence-electron chi connectivity index (χ3n) is 2.66. The average molecular weight is 416 g/mol. The highest BCUT2D eigenvalue weighted by Crippen LogP contribution is 2.27. The molecule has 3 N–H and O–H groups in total. The van der Waals surface area contributed by atoms with Gasteiger partial charge in [-0.3, -0.25) is 10.1 Å². The monoisotopic (exact) mass is 414 g/mol. The Labute approximate surface area is 151 Å². The highest BCUT2D eigenvalue weighted by molar-refractivity contribution is 9.10. The number of phenols is 1. The number of aromatic hydroxyl groups is 1. The van der Waals surface area contributed by atoms with E-state index in [2.05, 4.69) is 26.6 Å².